The number of anilines is 1. The molecule has 0 aromatic heterocycles. The van der Waals surface area contributed by atoms with E-state index in [0.29, 0.717) is 16.5 Å². The number of benzene rings is 3. The van der Waals surface area contributed by atoms with Gasteiger partial charge in [-0.2, -0.15) is 0 Å². The fourth-order valence-electron chi connectivity index (χ4n) is 3.75. The first-order chi connectivity index (χ1) is 17.2. The number of hydrogen-bond donors (Lipinski definition) is 1. The van der Waals surface area contributed by atoms with Gasteiger partial charge in [0.05, 0.1) is 10.6 Å². The van der Waals surface area contributed by atoms with E-state index in [-0.39, 0.29) is 23.0 Å². The standard InChI is InChI=1S/C26H27Cl2N3O4S/c1-3-24(26(33)29-2)30(17-19-12-14-20(27)15-13-19)25(32)18-31(22-9-7-8-21(28)16-22)36(34,35)23-10-5-4-6-11-23/h4-16,24H,3,17-18H2,1-2H3,(H,29,33)/t24-/m1/s1. The van der Waals surface area contributed by atoms with E-state index in [0.717, 1.165) is 9.87 Å². The molecule has 10 heteroatoms. The highest BCUT2D eigenvalue weighted by atomic mass is 35.5. The SMILES string of the molecule is CC[C@H](C(=O)NC)N(Cc1ccc(Cl)cc1)C(=O)CN(c1cccc(Cl)c1)S(=O)(=O)c1ccccc1. The lowest BCUT2D eigenvalue weighted by Gasteiger charge is -2.33. The Bertz CT molecular complexity index is 1300. The summed E-state index contributed by atoms with van der Waals surface area (Å²) in [4.78, 5) is 27.9. The van der Waals surface area contributed by atoms with Gasteiger partial charge in [0.2, 0.25) is 11.8 Å². The van der Waals surface area contributed by atoms with Crippen LogP contribution in [0.3, 0.4) is 0 Å². The number of nitrogens with one attached hydrogen (secondary N) is 1. The van der Waals surface area contributed by atoms with Gasteiger partial charge in [-0.3, -0.25) is 13.9 Å². The minimum absolute atomic E-state index is 0.0281. The molecule has 0 radical (unpaired) electrons. The van der Waals surface area contributed by atoms with Gasteiger partial charge >= 0.3 is 0 Å². The molecule has 1 N–H and O–H groups in total. The lowest BCUT2D eigenvalue weighted by molar-refractivity contribution is -0.140. The summed E-state index contributed by atoms with van der Waals surface area (Å²) in [6.07, 6.45) is 0.335. The van der Waals surface area contributed by atoms with E-state index in [2.05, 4.69) is 5.32 Å². The molecule has 36 heavy (non-hydrogen) atoms. The molecule has 7 nitrogen and oxygen atoms in total. The van der Waals surface area contributed by atoms with Crippen LogP contribution in [0.4, 0.5) is 5.69 Å². The Hall–Kier alpha value is -3.07. The van der Waals surface area contributed by atoms with Crippen LogP contribution in [-0.4, -0.2) is 44.8 Å². The molecule has 0 aliphatic heterocycles. The Balaban J connectivity index is 2.04. The van der Waals surface area contributed by atoms with E-state index < -0.39 is 28.5 Å². The number of carbonyl (C=O) groups excluding carboxylic acids is 2. The molecule has 0 heterocycles. The van der Waals surface area contributed by atoms with E-state index in [9.17, 15) is 18.0 Å². The van der Waals surface area contributed by atoms with E-state index >= 15 is 0 Å². The molecule has 0 spiro atoms. The summed E-state index contributed by atoms with van der Waals surface area (Å²) in [6, 6.07) is 20.2. The molecule has 0 saturated heterocycles. The molecule has 0 fully saturated rings. The van der Waals surface area contributed by atoms with Crippen molar-refractivity contribution in [2.45, 2.75) is 30.8 Å². The highest BCUT2D eigenvalue weighted by Crippen LogP contribution is 2.27. The largest absolute Gasteiger partial charge is 0.357 e. The highest BCUT2D eigenvalue weighted by Gasteiger charge is 2.33. The Kier molecular flexibility index (Phi) is 9.37. The van der Waals surface area contributed by atoms with Gasteiger partial charge in [-0.1, -0.05) is 66.5 Å². The third kappa shape index (κ3) is 6.57. The Morgan fingerprint density at radius 1 is 0.917 bits per heavy atom. The number of hydrogen-bond acceptors (Lipinski definition) is 4. The zero-order valence-electron chi connectivity index (χ0n) is 19.9. The third-order valence-corrected chi connectivity index (χ3v) is 7.88. The van der Waals surface area contributed by atoms with Crippen LogP contribution in [0.2, 0.25) is 10.0 Å². The van der Waals surface area contributed by atoms with Crippen LogP contribution in [-0.2, 0) is 26.2 Å². The zero-order valence-corrected chi connectivity index (χ0v) is 22.2. The summed E-state index contributed by atoms with van der Waals surface area (Å²) in [7, 11) is -2.63. The fourth-order valence-corrected chi connectivity index (χ4v) is 5.49. The number of likely N-dealkylation sites (N-methyl/N-ethyl adjacent to an activating group) is 1. The lowest BCUT2D eigenvalue weighted by atomic mass is 10.1. The van der Waals surface area contributed by atoms with Gasteiger partial charge in [0.15, 0.2) is 0 Å². The third-order valence-electron chi connectivity index (χ3n) is 5.60. The van der Waals surface area contributed by atoms with Crippen molar-refractivity contribution in [1.29, 1.82) is 0 Å². The number of carbonyl (C=O) groups is 2. The van der Waals surface area contributed by atoms with Crippen molar-refractivity contribution in [3.63, 3.8) is 0 Å². The summed E-state index contributed by atoms with van der Waals surface area (Å²) in [5.74, 6) is -0.889. The van der Waals surface area contributed by atoms with E-state index in [1.807, 2.05) is 0 Å². The second kappa shape index (κ2) is 12.3. The monoisotopic (exact) mass is 547 g/mol. The summed E-state index contributed by atoms with van der Waals surface area (Å²) >= 11 is 12.2. The van der Waals surface area contributed by atoms with Crippen LogP contribution in [0, 0.1) is 0 Å². The van der Waals surface area contributed by atoms with Crippen molar-refractivity contribution in [3.05, 3.63) is 94.5 Å². The minimum Gasteiger partial charge on any atom is -0.357 e. The van der Waals surface area contributed by atoms with Crippen LogP contribution in [0.25, 0.3) is 0 Å². The summed E-state index contributed by atoms with van der Waals surface area (Å²) in [5.41, 5.74) is 0.981. The number of sulfonamides is 1. The van der Waals surface area contributed by atoms with Crippen molar-refractivity contribution in [2.75, 3.05) is 17.9 Å². The van der Waals surface area contributed by atoms with Crippen LogP contribution >= 0.6 is 23.2 Å². The molecule has 3 aromatic rings. The lowest BCUT2D eigenvalue weighted by Crippen LogP contribution is -2.51. The first kappa shape index (κ1) is 27.5. The van der Waals surface area contributed by atoms with Crippen molar-refractivity contribution in [3.8, 4) is 0 Å². The fraction of sp³-hybridized carbons (Fsp3) is 0.231. The number of amides is 2. The van der Waals surface area contributed by atoms with Crippen LogP contribution in [0.15, 0.2) is 83.8 Å². The van der Waals surface area contributed by atoms with Gasteiger partial charge in [-0.25, -0.2) is 8.42 Å². The smallest absolute Gasteiger partial charge is 0.264 e. The average molecular weight is 548 g/mol. The predicted octanol–water partition coefficient (Wildman–Crippen LogP) is 4.74. The molecular formula is C26H27Cl2N3O4S. The Morgan fingerprint density at radius 3 is 2.17 bits per heavy atom. The maximum atomic E-state index is 13.8. The first-order valence-electron chi connectivity index (χ1n) is 11.3. The minimum atomic E-state index is -4.13. The molecule has 3 aromatic carbocycles. The molecule has 190 valence electrons. The number of rotatable bonds is 10. The molecular weight excluding hydrogens is 521 g/mol. The molecule has 0 bridgehead atoms. The van der Waals surface area contributed by atoms with Gasteiger partial charge < -0.3 is 10.2 Å². The average Bonchev–Trinajstić information content (AvgIpc) is 2.88. The molecule has 2 amide bonds. The van der Waals surface area contributed by atoms with Crippen molar-refractivity contribution in [1.82, 2.24) is 10.2 Å². The van der Waals surface area contributed by atoms with Gasteiger partial charge in [-0.05, 0) is 54.4 Å². The summed E-state index contributed by atoms with van der Waals surface area (Å²) in [6.45, 7) is 1.35. The number of nitrogens with zero attached hydrogens (tertiary/aromatic N) is 2. The van der Waals surface area contributed by atoms with E-state index in [4.69, 9.17) is 23.2 Å². The quantitative estimate of drug-likeness (QED) is 0.397. The first-order valence-corrected chi connectivity index (χ1v) is 13.5. The van der Waals surface area contributed by atoms with Crippen LogP contribution in [0.5, 0.6) is 0 Å². The maximum Gasteiger partial charge on any atom is 0.264 e. The number of halogens is 2. The van der Waals surface area contributed by atoms with Gasteiger partial charge in [0, 0.05) is 23.6 Å². The second-order valence-corrected chi connectivity index (χ2v) is 10.7. The summed E-state index contributed by atoms with van der Waals surface area (Å²) < 4.78 is 28.3. The van der Waals surface area contributed by atoms with Crippen LogP contribution < -0.4 is 9.62 Å². The zero-order chi connectivity index (χ0) is 26.3. The normalized spacial score (nSPS) is 12.0. The topological polar surface area (TPSA) is 86.8 Å². The Labute approximate surface area is 221 Å². The van der Waals surface area contributed by atoms with Crippen molar-refractivity contribution < 1.29 is 18.0 Å². The predicted molar refractivity (Wildman–Crippen MR) is 143 cm³/mol. The highest BCUT2D eigenvalue weighted by molar-refractivity contribution is 7.92. The molecule has 0 unspecified atom stereocenters. The van der Waals surface area contributed by atoms with E-state index in [1.54, 1.807) is 67.6 Å². The maximum absolute atomic E-state index is 13.8. The van der Waals surface area contributed by atoms with Crippen molar-refractivity contribution >= 4 is 50.7 Å². The van der Waals surface area contributed by atoms with E-state index in [1.165, 1.54) is 30.1 Å². The van der Waals surface area contributed by atoms with Gasteiger partial charge in [0.25, 0.3) is 10.0 Å². The molecule has 1 atom stereocenters. The molecule has 0 saturated carbocycles. The molecule has 0 aliphatic carbocycles. The summed E-state index contributed by atoms with van der Waals surface area (Å²) in [5, 5.41) is 3.45. The van der Waals surface area contributed by atoms with Crippen molar-refractivity contribution in [2.24, 2.45) is 0 Å². The molecule has 0 aliphatic rings. The van der Waals surface area contributed by atoms with Gasteiger partial charge in [-0.15, -0.1) is 0 Å². The second-order valence-electron chi connectivity index (χ2n) is 7.99. The molecule has 3 rings (SSSR count). The Morgan fingerprint density at radius 2 is 1.58 bits per heavy atom. The van der Waals surface area contributed by atoms with Crippen LogP contribution in [0.1, 0.15) is 18.9 Å². The van der Waals surface area contributed by atoms with Gasteiger partial charge in [0.1, 0.15) is 12.6 Å².